The molecule has 0 heterocycles. The van der Waals surface area contributed by atoms with Crippen LogP contribution in [0.4, 0.5) is 5.69 Å². The molecular formula is C17H21NO3S. The number of benzene rings is 2. The molecular weight excluding hydrogens is 298 g/mol. The number of nitrogens with one attached hydrogen (secondary N) is 1. The first-order valence-corrected chi connectivity index (χ1v) is 8.74. The predicted octanol–water partition coefficient (Wildman–Crippen LogP) is 3.76. The molecule has 0 aliphatic carbocycles. The third-order valence-electron chi connectivity index (χ3n) is 3.53. The first-order chi connectivity index (χ1) is 10.3. The number of hydrogen-bond donors (Lipinski definition) is 2. The second kappa shape index (κ2) is 6.40. The van der Waals surface area contributed by atoms with E-state index in [0.717, 1.165) is 24.0 Å². The van der Waals surface area contributed by atoms with Gasteiger partial charge < -0.3 is 5.11 Å². The SMILES string of the molecule is CCCc1cccc(S(=O)(=O)Nc2cc(O)c(C)cc2C)c1. The number of anilines is 1. The smallest absolute Gasteiger partial charge is 0.261 e. The van der Waals surface area contributed by atoms with Gasteiger partial charge in [-0.15, -0.1) is 0 Å². The van der Waals surface area contributed by atoms with Crippen LogP contribution in [0.1, 0.15) is 30.0 Å². The molecule has 0 radical (unpaired) electrons. The lowest BCUT2D eigenvalue weighted by Crippen LogP contribution is -2.14. The van der Waals surface area contributed by atoms with Crippen molar-refractivity contribution in [1.82, 2.24) is 0 Å². The molecule has 2 aromatic rings. The van der Waals surface area contributed by atoms with Crippen molar-refractivity contribution < 1.29 is 13.5 Å². The van der Waals surface area contributed by atoms with Crippen molar-refractivity contribution in [2.24, 2.45) is 0 Å². The van der Waals surface area contributed by atoms with Gasteiger partial charge in [-0.3, -0.25) is 4.72 Å². The Labute approximate surface area is 131 Å². The predicted molar refractivity (Wildman–Crippen MR) is 88.8 cm³/mol. The minimum absolute atomic E-state index is 0.0723. The molecule has 0 fully saturated rings. The summed E-state index contributed by atoms with van der Waals surface area (Å²) in [6, 6.07) is 10.1. The highest BCUT2D eigenvalue weighted by Crippen LogP contribution is 2.27. The quantitative estimate of drug-likeness (QED) is 0.882. The van der Waals surface area contributed by atoms with Gasteiger partial charge >= 0.3 is 0 Å². The third kappa shape index (κ3) is 3.60. The molecule has 2 rings (SSSR count). The van der Waals surface area contributed by atoms with E-state index in [2.05, 4.69) is 11.6 Å². The zero-order chi connectivity index (χ0) is 16.3. The van der Waals surface area contributed by atoms with Gasteiger partial charge in [-0.25, -0.2) is 8.42 Å². The van der Waals surface area contributed by atoms with E-state index in [0.29, 0.717) is 11.3 Å². The van der Waals surface area contributed by atoms with E-state index in [1.165, 1.54) is 6.07 Å². The summed E-state index contributed by atoms with van der Waals surface area (Å²) < 4.78 is 27.6. The molecule has 0 spiro atoms. The van der Waals surface area contributed by atoms with Crippen LogP contribution < -0.4 is 4.72 Å². The van der Waals surface area contributed by atoms with Crippen LogP contribution in [0, 0.1) is 13.8 Å². The number of rotatable bonds is 5. The van der Waals surface area contributed by atoms with Crippen molar-refractivity contribution in [3.05, 3.63) is 53.1 Å². The molecule has 0 saturated carbocycles. The fraction of sp³-hybridized carbons (Fsp3) is 0.294. The van der Waals surface area contributed by atoms with Crippen LogP contribution in [0.2, 0.25) is 0 Å². The highest BCUT2D eigenvalue weighted by molar-refractivity contribution is 7.92. The lowest BCUT2D eigenvalue weighted by molar-refractivity contribution is 0.471. The number of phenolic OH excluding ortho intramolecular Hbond substituents is 1. The van der Waals surface area contributed by atoms with Gasteiger partial charge in [-0.05, 0) is 49.1 Å². The normalized spacial score (nSPS) is 11.4. The topological polar surface area (TPSA) is 66.4 Å². The highest BCUT2D eigenvalue weighted by Gasteiger charge is 2.16. The van der Waals surface area contributed by atoms with Crippen LogP contribution in [0.15, 0.2) is 41.3 Å². The maximum absolute atomic E-state index is 12.5. The van der Waals surface area contributed by atoms with Gasteiger partial charge in [0.25, 0.3) is 10.0 Å². The van der Waals surface area contributed by atoms with Crippen molar-refractivity contribution in [3.8, 4) is 5.75 Å². The summed E-state index contributed by atoms with van der Waals surface area (Å²) >= 11 is 0. The number of hydrogen-bond acceptors (Lipinski definition) is 3. The Morgan fingerprint density at radius 1 is 1.09 bits per heavy atom. The van der Waals surface area contributed by atoms with Gasteiger partial charge in [0.15, 0.2) is 0 Å². The van der Waals surface area contributed by atoms with Gasteiger partial charge in [0.2, 0.25) is 0 Å². The molecule has 0 bridgehead atoms. The Morgan fingerprint density at radius 2 is 1.82 bits per heavy atom. The van der Waals surface area contributed by atoms with Crippen LogP contribution in [0.25, 0.3) is 0 Å². The average Bonchev–Trinajstić information content (AvgIpc) is 2.45. The summed E-state index contributed by atoms with van der Waals surface area (Å²) in [5.74, 6) is 0.0723. The molecule has 4 nitrogen and oxygen atoms in total. The van der Waals surface area contributed by atoms with E-state index >= 15 is 0 Å². The second-order valence-electron chi connectivity index (χ2n) is 5.46. The fourth-order valence-corrected chi connectivity index (χ4v) is 3.50. The molecule has 0 aromatic heterocycles. The summed E-state index contributed by atoms with van der Waals surface area (Å²) in [6.07, 6.45) is 1.80. The van der Waals surface area contributed by atoms with Crippen molar-refractivity contribution in [2.75, 3.05) is 4.72 Å². The van der Waals surface area contributed by atoms with Crippen LogP contribution in [0.5, 0.6) is 5.75 Å². The van der Waals surface area contributed by atoms with Crippen LogP contribution in [-0.2, 0) is 16.4 Å². The maximum Gasteiger partial charge on any atom is 0.261 e. The largest absolute Gasteiger partial charge is 0.508 e. The monoisotopic (exact) mass is 319 g/mol. The second-order valence-corrected chi connectivity index (χ2v) is 7.14. The zero-order valence-electron chi connectivity index (χ0n) is 13.1. The molecule has 5 heteroatoms. The Hall–Kier alpha value is -2.01. The van der Waals surface area contributed by atoms with Crippen LogP contribution >= 0.6 is 0 Å². The molecule has 22 heavy (non-hydrogen) atoms. The Bertz CT molecular complexity index is 782. The molecule has 0 atom stereocenters. The van der Waals surface area contributed by atoms with E-state index in [1.807, 2.05) is 6.07 Å². The van der Waals surface area contributed by atoms with Crippen molar-refractivity contribution in [2.45, 2.75) is 38.5 Å². The van der Waals surface area contributed by atoms with Gasteiger partial charge in [0.05, 0.1) is 10.6 Å². The Kier molecular flexibility index (Phi) is 4.76. The number of aromatic hydroxyl groups is 1. The van der Waals surface area contributed by atoms with E-state index in [4.69, 9.17) is 0 Å². The van der Waals surface area contributed by atoms with Crippen molar-refractivity contribution >= 4 is 15.7 Å². The molecule has 0 unspecified atom stereocenters. The molecule has 2 N–H and O–H groups in total. The van der Waals surface area contributed by atoms with Gasteiger partial charge in [-0.2, -0.15) is 0 Å². The number of sulfonamides is 1. The molecule has 0 saturated heterocycles. The Balaban J connectivity index is 2.36. The van der Waals surface area contributed by atoms with Crippen molar-refractivity contribution in [3.63, 3.8) is 0 Å². The minimum atomic E-state index is -3.67. The van der Waals surface area contributed by atoms with E-state index in [9.17, 15) is 13.5 Å². The minimum Gasteiger partial charge on any atom is -0.508 e. The molecule has 0 amide bonds. The number of aryl methyl sites for hydroxylation is 3. The maximum atomic E-state index is 12.5. The highest BCUT2D eigenvalue weighted by atomic mass is 32.2. The van der Waals surface area contributed by atoms with Crippen LogP contribution in [-0.4, -0.2) is 13.5 Å². The molecule has 2 aromatic carbocycles. The first-order valence-electron chi connectivity index (χ1n) is 7.25. The summed E-state index contributed by atoms with van der Waals surface area (Å²) in [5.41, 5.74) is 2.87. The van der Waals surface area contributed by atoms with Crippen LogP contribution in [0.3, 0.4) is 0 Å². The molecule has 118 valence electrons. The van der Waals surface area contributed by atoms with E-state index in [-0.39, 0.29) is 10.6 Å². The summed E-state index contributed by atoms with van der Waals surface area (Å²) in [4.78, 5) is 0.234. The molecule has 0 aliphatic rings. The summed E-state index contributed by atoms with van der Waals surface area (Å²) in [6.45, 7) is 5.63. The molecule has 0 aliphatic heterocycles. The fourth-order valence-electron chi connectivity index (χ4n) is 2.31. The lowest BCUT2D eigenvalue weighted by Gasteiger charge is -2.13. The first kappa shape index (κ1) is 16.4. The Morgan fingerprint density at radius 3 is 2.50 bits per heavy atom. The number of phenols is 1. The zero-order valence-corrected chi connectivity index (χ0v) is 13.9. The van der Waals surface area contributed by atoms with E-state index in [1.54, 1.807) is 38.1 Å². The third-order valence-corrected chi connectivity index (χ3v) is 4.90. The summed E-state index contributed by atoms with van der Waals surface area (Å²) in [5, 5.41) is 9.77. The van der Waals surface area contributed by atoms with Gasteiger partial charge in [0.1, 0.15) is 5.75 Å². The van der Waals surface area contributed by atoms with Gasteiger partial charge in [0, 0.05) is 6.07 Å². The summed E-state index contributed by atoms with van der Waals surface area (Å²) in [7, 11) is -3.67. The van der Waals surface area contributed by atoms with Gasteiger partial charge in [-0.1, -0.05) is 31.5 Å². The van der Waals surface area contributed by atoms with E-state index < -0.39 is 10.0 Å². The standard InChI is InChI=1S/C17H21NO3S/c1-4-6-14-7-5-8-15(10-14)22(20,21)18-16-11-17(19)13(3)9-12(16)2/h5,7-11,18-19H,4,6H2,1-3H3. The van der Waals surface area contributed by atoms with Crippen molar-refractivity contribution in [1.29, 1.82) is 0 Å². The average molecular weight is 319 g/mol. The lowest BCUT2D eigenvalue weighted by atomic mass is 10.1.